The quantitative estimate of drug-likeness (QED) is 0.429. The molecule has 32 heavy (non-hydrogen) atoms. The van der Waals surface area contributed by atoms with Crippen LogP contribution in [-0.4, -0.2) is 39.0 Å². The molecule has 2 aromatic carbocycles. The zero-order chi connectivity index (χ0) is 22.6. The van der Waals surface area contributed by atoms with Crippen molar-refractivity contribution in [2.75, 3.05) is 6.61 Å². The van der Waals surface area contributed by atoms with Gasteiger partial charge in [0.25, 0.3) is 12.4 Å². The van der Waals surface area contributed by atoms with Crippen molar-refractivity contribution in [3.05, 3.63) is 89.5 Å². The van der Waals surface area contributed by atoms with E-state index >= 15 is 0 Å². The number of nitrogens with zero attached hydrogens (tertiary/aromatic N) is 2. The third-order valence-corrected chi connectivity index (χ3v) is 5.39. The Bertz CT molecular complexity index is 1220. The zero-order valence-electron chi connectivity index (χ0n) is 17.4. The van der Waals surface area contributed by atoms with Gasteiger partial charge >= 0.3 is 0 Å². The van der Waals surface area contributed by atoms with Gasteiger partial charge < -0.3 is 20.1 Å². The number of carbonyl (C=O) groups is 2. The van der Waals surface area contributed by atoms with Gasteiger partial charge in [-0.2, -0.15) is 0 Å². The topological polar surface area (TPSA) is 117 Å². The van der Waals surface area contributed by atoms with E-state index in [2.05, 4.69) is 20.3 Å². The standard InChI is InChI=1S/C23H20N4O2.CH2O2/c1-15-8-10-16(11-9-15)23(12-14-29-19-7-4-13-24-20(19)23)27-22(28)21-25-17-5-2-3-6-18(17)26-21;2-1-3/h2-11,13H,12,14H2,1H3,(H,25,26)(H,27,28);1H,(H,2,3)/t23-;/m0./s1. The van der Waals surface area contributed by atoms with Crippen molar-refractivity contribution < 1.29 is 19.4 Å². The molecule has 5 rings (SSSR count). The van der Waals surface area contributed by atoms with Gasteiger partial charge in [0.05, 0.1) is 17.6 Å². The lowest BCUT2D eigenvalue weighted by Gasteiger charge is -2.38. The van der Waals surface area contributed by atoms with E-state index in [1.165, 1.54) is 0 Å². The molecular formula is C24H22N4O4. The number of aryl methyl sites for hydroxylation is 1. The van der Waals surface area contributed by atoms with Gasteiger partial charge in [0.15, 0.2) is 5.82 Å². The summed E-state index contributed by atoms with van der Waals surface area (Å²) in [6, 6.07) is 19.5. The van der Waals surface area contributed by atoms with Gasteiger partial charge in [-0.25, -0.2) is 4.98 Å². The highest BCUT2D eigenvalue weighted by molar-refractivity contribution is 5.95. The maximum Gasteiger partial charge on any atom is 0.290 e. The molecule has 1 aliphatic heterocycles. The molecule has 0 bridgehead atoms. The fourth-order valence-electron chi connectivity index (χ4n) is 3.89. The number of carbonyl (C=O) groups excluding carboxylic acids is 1. The van der Waals surface area contributed by atoms with Crippen LogP contribution in [0.2, 0.25) is 0 Å². The SMILES string of the molecule is Cc1ccc([C@@]2(NC(=O)c3nc4ccccc4[nH]3)CCOc3cccnc32)cc1.O=CO. The van der Waals surface area contributed by atoms with Crippen molar-refractivity contribution in [2.45, 2.75) is 18.9 Å². The number of hydrogen-bond acceptors (Lipinski definition) is 5. The number of pyridine rings is 1. The van der Waals surface area contributed by atoms with Gasteiger partial charge in [0, 0.05) is 12.6 Å². The highest BCUT2D eigenvalue weighted by Crippen LogP contribution is 2.40. The molecule has 0 radical (unpaired) electrons. The van der Waals surface area contributed by atoms with E-state index in [1.807, 2.05) is 67.6 Å². The summed E-state index contributed by atoms with van der Waals surface area (Å²) in [4.78, 5) is 33.8. The first-order valence-corrected chi connectivity index (χ1v) is 10.1. The minimum atomic E-state index is -0.793. The largest absolute Gasteiger partial charge is 0.491 e. The predicted molar refractivity (Wildman–Crippen MR) is 119 cm³/mol. The molecular weight excluding hydrogens is 408 g/mol. The molecule has 0 fully saturated rings. The van der Waals surface area contributed by atoms with E-state index < -0.39 is 5.54 Å². The Labute approximate surface area is 184 Å². The van der Waals surface area contributed by atoms with Gasteiger partial charge in [0.1, 0.15) is 17.0 Å². The fraction of sp³-hybridized carbons (Fsp3) is 0.167. The minimum absolute atomic E-state index is 0.250. The number of para-hydroxylation sites is 2. The van der Waals surface area contributed by atoms with Crippen LogP contribution in [0.4, 0.5) is 0 Å². The molecule has 1 aliphatic rings. The average molecular weight is 430 g/mol. The molecule has 0 aliphatic carbocycles. The molecule has 1 amide bonds. The fourth-order valence-corrected chi connectivity index (χ4v) is 3.89. The smallest absolute Gasteiger partial charge is 0.290 e. The number of H-pyrrole nitrogens is 1. The van der Waals surface area contributed by atoms with Crippen molar-refractivity contribution in [1.29, 1.82) is 0 Å². The molecule has 8 nitrogen and oxygen atoms in total. The van der Waals surface area contributed by atoms with Gasteiger partial charge in [-0.15, -0.1) is 0 Å². The number of nitrogens with one attached hydrogen (secondary N) is 2. The van der Waals surface area contributed by atoms with E-state index in [0.29, 0.717) is 24.5 Å². The molecule has 0 saturated carbocycles. The lowest BCUT2D eigenvalue weighted by Crippen LogP contribution is -2.50. The van der Waals surface area contributed by atoms with Crippen LogP contribution in [0.3, 0.4) is 0 Å². The lowest BCUT2D eigenvalue weighted by atomic mass is 9.81. The number of ether oxygens (including phenoxy) is 1. The number of amides is 1. The van der Waals surface area contributed by atoms with Gasteiger partial charge in [-0.3, -0.25) is 14.6 Å². The molecule has 0 saturated heterocycles. The number of imidazole rings is 1. The Morgan fingerprint density at radius 3 is 2.66 bits per heavy atom. The Kier molecular flexibility index (Phi) is 5.85. The maximum atomic E-state index is 13.3. The molecule has 8 heteroatoms. The van der Waals surface area contributed by atoms with E-state index in [0.717, 1.165) is 22.2 Å². The summed E-state index contributed by atoms with van der Waals surface area (Å²) in [5, 5.41) is 10.1. The summed E-state index contributed by atoms with van der Waals surface area (Å²) >= 11 is 0. The number of hydrogen-bond donors (Lipinski definition) is 3. The van der Waals surface area contributed by atoms with Crippen LogP contribution >= 0.6 is 0 Å². The Morgan fingerprint density at radius 1 is 1.16 bits per heavy atom. The summed E-state index contributed by atoms with van der Waals surface area (Å²) in [6.45, 7) is 2.27. The Balaban J connectivity index is 0.000000775. The van der Waals surface area contributed by atoms with Crippen LogP contribution in [0.15, 0.2) is 66.9 Å². The predicted octanol–water partition coefficient (Wildman–Crippen LogP) is 3.42. The molecule has 162 valence electrons. The second-order valence-corrected chi connectivity index (χ2v) is 7.38. The second-order valence-electron chi connectivity index (χ2n) is 7.38. The van der Waals surface area contributed by atoms with Crippen molar-refractivity contribution in [3.63, 3.8) is 0 Å². The van der Waals surface area contributed by atoms with Gasteiger partial charge in [0.2, 0.25) is 0 Å². The first-order valence-electron chi connectivity index (χ1n) is 10.1. The van der Waals surface area contributed by atoms with Crippen molar-refractivity contribution in [3.8, 4) is 5.75 Å². The summed E-state index contributed by atoms with van der Waals surface area (Å²) in [7, 11) is 0. The summed E-state index contributed by atoms with van der Waals surface area (Å²) in [5.74, 6) is 0.686. The van der Waals surface area contributed by atoms with Crippen LogP contribution in [0, 0.1) is 6.92 Å². The average Bonchev–Trinajstić information content (AvgIpc) is 3.25. The summed E-state index contributed by atoms with van der Waals surface area (Å²) in [5.41, 5.74) is 3.62. The number of aromatic amines is 1. The normalized spacial score (nSPS) is 16.8. The van der Waals surface area contributed by atoms with Crippen LogP contribution < -0.4 is 10.1 Å². The van der Waals surface area contributed by atoms with Crippen LogP contribution in [-0.2, 0) is 10.3 Å². The van der Waals surface area contributed by atoms with Crippen molar-refractivity contribution >= 4 is 23.4 Å². The number of aromatic nitrogens is 3. The zero-order valence-corrected chi connectivity index (χ0v) is 17.4. The van der Waals surface area contributed by atoms with E-state index in [-0.39, 0.29) is 18.2 Å². The molecule has 1 atom stereocenters. The van der Waals surface area contributed by atoms with Crippen LogP contribution in [0.25, 0.3) is 11.0 Å². The third kappa shape index (κ3) is 3.90. The van der Waals surface area contributed by atoms with E-state index in [9.17, 15) is 4.79 Å². The van der Waals surface area contributed by atoms with Gasteiger partial charge in [-0.05, 0) is 36.8 Å². The van der Waals surface area contributed by atoms with Gasteiger partial charge in [-0.1, -0.05) is 42.0 Å². The van der Waals surface area contributed by atoms with E-state index in [1.54, 1.807) is 6.20 Å². The maximum absolute atomic E-state index is 13.3. The number of fused-ring (bicyclic) bond motifs is 2. The number of carboxylic acid groups (broad SMARTS) is 1. The molecule has 2 aromatic heterocycles. The summed E-state index contributed by atoms with van der Waals surface area (Å²) in [6.07, 6.45) is 2.30. The first-order chi connectivity index (χ1) is 15.6. The number of benzene rings is 2. The molecule has 4 aromatic rings. The number of rotatable bonds is 3. The third-order valence-electron chi connectivity index (χ3n) is 5.39. The minimum Gasteiger partial charge on any atom is -0.491 e. The molecule has 0 spiro atoms. The summed E-state index contributed by atoms with van der Waals surface area (Å²) < 4.78 is 5.82. The second kappa shape index (κ2) is 8.89. The Hall–Kier alpha value is -4.20. The molecule has 3 heterocycles. The highest BCUT2D eigenvalue weighted by atomic mass is 16.5. The van der Waals surface area contributed by atoms with E-state index in [4.69, 9.17) is 14.6 Å². The molecule has 3 N–H and O–H groups in total. The molecule has 0 unspecified atom stereocenters. The van der Waals surface area contributed by atoms with Crippen LogP contribution in [0.1, 0.15) is 33.9 Å². The lowest BCUT2D eigenvalue weighted by molar-refractivity contribution is -0.122. The Morgan fingerprint density at radius 2 is 1.91 bits per heavy atom. The highest BCUT2D eigenvalue weighted by Gasteiger charge is 2.42. The van der Waals surface area contributed by atoms with Crippen molar-refractivity contribution in [2.24, 2.45) is 0 Å². The van der Waals surface area contributed by atoms with Crippen LogP contribution in [0.5, 0.6) is 5.75 Å². The van der Waals surface area contributed by atoms with Crippen molar-refractivity contribution in [1.82, 2.24) is 20.3 Å². The monoisotopic (exact) mass is 430 g/mol. The first kappa shape index (κ1) is 21.0.